The van der Waals surface area contributed by atoms with E-state index in [0.717, 1.165) is 6.26 Å². The van der Waals surface area contributed by atoms with Crippen molar-refractivity contribution >= 4 is 27.3 Å². The summed E-state index contributed by atoms with van der Waals surface area (Å²) in [6, 6.07) is 12.7. The van der Waals surface area contributed by atoms with Gasteiger partial charge >= 0.3 is 0 Å². The van der Waals surface area contributed by atoms with Crippen molar-refractivity contribution in [3.8, 4) is 0 Å². The number of sulfonamides is 1. The summed E-state index contributed by atoms with van der Waals surface area (Å²) in [5, 5.41) is 2.66. The van der Waals surface area contributed by atoms with Gasteiger partial charge in [0.2, 0.25) is 15.9 Å². The molecule has 0 heterocycles. The Kier molecular flexibility index (Phi) is 5.33. The van der Waals surface area contributed by atoms with Gasteiger partial charge in [0.05, 0.1) is 11.9 Å². The largest absolute Gasteiger partial charge is 0.326 e. The van der Waals surface area contributed by atoms with Gasteiger partial charge < -0.3 is 5.32 Å². The van der Waals surface area contributed by atoms with Crippen molar-refractivity contribution in [2.24, 2.45) is 0 Å². The predicted octanol–water partition coefficient (Wildman–Crippen LogP) is 2.77. The third kappa shape index (κ3) is 5.71. The van der Waals surface area contributed by atoms with Crippen LogP contribution in [0, 0.1) is 5.82 Å². The average Bonchev–Trinajstić information content (AvgIpc) is 2.45. The number of amides is 1. The Bertz CT molecular complexity index is 806. The molecule has 0 aliphatic heterocycles. The predicted molar refractivity (Wildman–Crippen MR) is 88.3 cm³/mol. The van der Waals surface area contributed by atoms with Crippen LogP contribution < -0.4 is 10.0 Å². The molecule has 0 bridgehead atoms. The first-order chi connectivity index (χ1) is 10.8. The molecule has 0 spiro atoms. The van der Waals surface area contributed by atoms with E-state index in [2.05, 4.69) is 10.0 Å². The highest BCUT2D eigenvalue weighted by Crippen LogP contribution is 2.17. The molecule has 23 heavy (non-hydrogen) atoms. The van der Waals surface area contributed by atoms with Crippen LogP contribution in [0.3, 0.4) is 0 Å². The summed E-state index contributed by atoms with van der Waals surface area (Å²) in [6.07, 6.45) is 1.47. The lowest BCUT2D eigenvalue weighted by Crippen LogP contribution is -2.13. The van der Waals surface area contributed by atoms with Gasteiger partial charge in [0.1, 0.15) is 5.82 Å². The summed E-state index contributed by atoms with van der Waals surface area (Å²) in [5.41, 5.74) is 1.31. The van der Waals surface area contributed by atoms with Crippen LogP contribution in [-0.4, -0.2) is 20.6 Å². The van der Waals surface area contributed by atoms with E-state index in [9.17, 15) is 17.6 Å². The van der Waals surface area contributed by atoms with Gasteiger partial charge in [0.15, 0.2) is 0 Å². The van der Waals surface area contributed by atoms with Gasteiger partial charge in [-0.3, -0.25) is 9.52 Å². The van der Waals surface area contributed by atoms with Gasteiger partial charge in [-0.05, 0) is 36.2 Å². The molecule has 0 aliphatic rings. The smallest absolute Gasteiger partial charge is 0.229 e. The van der Waals surface area contributed by atoms with Crippen LogP contribution in [0.5, 0.6) is 0 Å². The van der Waals surface area contributed by atoms with Crippen molar-refractivity contribution in [2.45, 2.75) is 12.8 Å². The van der Waals surface area contributed by atoms with Crippen LogP contribution >= 0.6 is 0 Å². The summed E-state index contributed by atoms with van der Waals surface area (Å²) >= 11 is 0. The molecule has 5 nitrogen and oxygen atoms in total. The molecule has 0 radical (unpaired) electrons. The molecular formula is C16H17FN2O3S. The number of benzene rings is 2. The number of carbonyl (C=O) groups is 1. The van der Waals surface area contributed by atoms with E-state index in [0.29, 0.717) is 23.4 Å². The van der Waals surface area contributed by atoms with E-state index in [4.69, 9.17) is 0 Å². The standard InChI is InChI=1S/C16H17FN2O3S/c1-23(21,22)19-14-7-4-6-13(11-14)18-16(20)10-9-12-5-2-3-8-15(12)17/h2-8,11,19H,9-10H2,1H3,(H,18,20). The molecule has 0 saturated carbocycles. The second-order valence-electron chi connectivity index (χ2n) is 5.09. The Morgan fingerprint density at radius 3 is 2.48 bits per heavy atom. The first kappa shape index (κ1) is 17.0. The minimum Gasteiger partial charge on any atom is -0.326 e. The molecule has 2 aromatic rings. The van der Waals surface area contributed by atoms with E-state index in [1.807, 2.05) is 0 Å². The summed E-state index contributed by atoms with van der Waals surface area (Å²) in [6.45, 7) is 0. The van der Waals surface area contributed by atoms with E-state index >= 15 is 0 Å². The van der Waals surface area contributed by atoms with Crippen LogP contribution in [0.1, 0.15) is 12.0 Å². The molecule has 7 heteroatoms. The zero-order chi connectivity index (χ0) is 16.9. The van der Waals surface area contributed by atoms with Crippen LogP contribution in [0.25, 0.3) is 0 Å². The second-order valence-corrected chi connectivity index (χ2v) is 6.84. The molecule has 122 valence electrons. The molecule has 0 saturated heterocycles. The molecule has 0 atom stereocenters. The molecule has 1 amide bonds. The quantitative estimate of drug-likeness (QED) is 0.852. The summed E-state index contributed by atoms with van der Waals surface area (Å²) in [5.74, 6) is -0.607. The highest BCUT2D eigenvalue weighted by molar-refractivity contribution is 7.92. The zero-order valence-electron chi connectivity index (χ0n) is 12.5. The first-order valence-corrected chi connectivity index (χ1v) is 8.84. The van der Waals surface area contributed by atoms with Crippen molar-refractivity contribution in [3.05, 3.63) is 59.9 Å². The lowest BCUT2D eigenvalue weighted by Gasteiger charge is -2.08. The monoisotopic (exact) mass is 336 g/mol. The molecule has 2 aromatic carbocycles. The number of hydrogen-bond donors (Lipinski definition) is 2. The van der Waals surface area contributed by atoms with Crippen molar-refractivity contribution in [3.63, 3.8) is 0 Å². The number of halogens is 1. The fourth-order valence-electron chi connectivity index (χ4n) is 2.05. The maximum atomic E-state index is 13.5. The van der Waals surface area contributed by atoms with Crippen LogP contribution in [-0.2, 0) is 21.2 Å². The number of aryl methyl sites for hydroxylation is 1. The molecule has 0 aliphatic carbocycles. The van der Waals surface area contributed by atoms with E-state index in [1.165, 1.54) is 12.1 Å². The van der Waals surface area contributed by atoms with Gasteiger partial charge in [-0.2, -0.15) is 0 Å². The summed E-state index contributed by atoms with van der Waals surface area (Å²) in [4.78, 5) is 11.9. The molecule has 2 N–H and O–H groups in total. The molecule has 0 aromatic heterocycles. The Labute approximate surface area is 134 Å². The van der Waals surface area contributed by atoms with Crippen molar-refractivity contribution in [1.29, 1.82) is 0 Å². The van der Waals surface area contributed by atoms with E-state index in [1.54, 1.807) is 36.4 Å². The van der Waals surface area contributed by atoms with Crippen LogP contribution in [0.15, 0.2) is 48.5 Å². The maximum absolute atomic E-state index is 13.5. The molecule has 0 unspecified atom stereocenters. The minimum atomic E-state index is -3.38. The lowest BCUT2D eigenvalue weighted by atomic mass is 10.1. The Morgan fingerprint density at radius 1 is 1.09 bits per heavy atom. The van der Waals surface area contributed by atoms with E-state index in [-0.39, 0.29) is 18.1 Å². The Hall–Kier alpha value is -2.41. The third-order valence-electron chi connectivity index (χ3n) is 3.03. The van der Waals surface area contributed by atoms with Gasteiger partial charge in [0, 0.05) is 12.1 Å². The highest BCUT2D eigenvalue weighted by atomic mass is 32.2. The van der Waals surface area contributed by atoms with Gasteiger partial charge in [-0.1, -0.05) is 24.3 Å². The van der Waals surface area contributed by atoms with Crippen LogP contribution in [0.4, 0.5) is 15.8 Å². The van der Waals surface area contributed by atoms with E-state index < -0.39 is 10.0 Å². The molecular weight excluding hydrogens is 319 g/mol. The number of anilines is 2. The lowest BCUT2D eigenvalue weighted by molar-refractivity contribution is -0.116. The minimum absolute atomic E-state index is 0.130. The van der Waals surface area contributed by atoms with Crippen molar-refractivity contribution < 1.29 is 17.6 Å². The SMILES string of the molecule is CS(=O)(=O)Nc1cccc(NC(=O)CCc2ccccc2F)c1. The number of rotatable bonds is 6. The number of carbonyl (C=O) groups excluding carboxylic acids is 1. The van der Waals surface area contributed by atoms with Crippen molar-refractivity contribution in [1.82, 2.24) is 0 Å². The highest BCUT2D eigenvalue weighted by Gasteiger charge is 2.07. The second kappa shape index (κ2) is 7.23. The van der Waals surface area contributed by atoms with Gasteiger partial charge in [-0.25, -0.2) is 12.8 Å². The van der Waals surface area contributed by atoms with Gasteiger partial charge in [0.25, 0.3) is 0 Å². The molecule has 2 rings (SSSR count). The Morgan fingerprint density at radius 2 is 1.78 bits per heavy atom. The number of hydrogen-bond acceptors (Lipinski definition) is 3. The fraction of sp³-hybridized carbons (Fsp3) is 0.188. The van der Waals surface area contributed by atoms with Crippen LogP contribution in [0.2, 0.25) is 0 Å². The summed E-state index contributed by atoms with van der Waals surface area (Å²) in [7, 11) is -3.38. The topological polar surface area (TPSA) is 75.3 Å². The fourth-order valence-corrected chi connectivity index (χ4v) is 2.60. The zero-order valence-corrected chi connectivity index (χ0v) is 13.4. The van der Waals surface area contributed by atoms with Gasteiger partial charge in [-0.15, -0.1) is 0 Å². The van der Waals surface area contributed by atoms with Crippen molar-refractivity contribution in [2.75, 3.05) is 16.3 Å². The maximum Gasteiger partial charge on any atom is 0.229 e. The third-order valence-corrected chi connectivity index (χ3v) is 3.64. The Balaban J connectivity index is 1.95. The average molecular weight is 336 g/mol. The summed E-state index contributed by atoms with van der Waals surface area (Å²) < 4.78 is 38.2. The first-order valence-electron chi connectivity index (χ1n) is 6.94. The molecule has 0 fully saturated rings. The number of nitrogens with one attached hydrogen (secondary N) is 2. The normalized spacial score (nSPS) is 11.0.